The number of halogens is 6. The molecule has 4 aliphatic rings. The van der Waals surface area contributed by atoms with Gasteiger partial charge in [-0.05, 0) is 104 Å². The first kappa shape index (κ1) is 27.3. The highest BCUT2D eigenvalue weighted by Gasteiger charge is 2.70. The van der Waals surface area contributed by atoms with Gasteiger partial charge in [-0.15, -0.1) is 0 Å². The van der Waals surface area contributed by atoms with Crippen LogP contribution in [0.25, 0.3) is 0 Å². The Morgan fingerprint density at radius 1 is 0.972 bits per heavy atom. The molecule has 4 saturated carbocycles. The van der Waals surface area contributed by atoms with E-state index in [4.69, 9.17) is 0 Å². The lowest BCUT2D eigenvalue weighted by atomic mass is 9.59. The van der Waals surface area contributed by atoms with Gasteiger partial charge in [-0.1, -0.05) is 37.1 Å². The van der Waals surface area contributed by atoms with Gasteiger partial charge in [0.1, 0.15) is 0 Å². The van der Waals surface area contributed by atoms with Crippen LogP contribution in [0, 0.1) is 34.5 Å². The van der Waals surface area contributed by atoms with E-state index in [1.54, 1.807) is 0 Å². The third-order valence-electron chi connectivity index (χ3n) is 9.36. The van der Waals surface area contributed by atoms with Gasteiger partial charge >= 0.3 is 18.0 Å². The predicted molar refractivity (Wildman–Crippen MR) is 124 cm³/mol. The van der Waals surface area contributed by atoms with Crippen LogP contribution < -0.4 is 0 Å². The Morgan fingerprint density at radius 2 is 1.64 bits per heavy atom. The highest BCUT2D eigenvalue weighted by Crippen LogP contribution is 2.69. The van der Waals surface area contributed by atoms with E-state index in [1.807, 2.05) is 0 Å². The molecule has 0 amide bonds. The Morgan fingerprint density at radius 3 is 2.25 bits per heavy atom. The Balaban J connectivity index is 1.54. The highest BCUT2D eigenvalue weighted by atomic mass is 19.4. The third kappa shape index (κ3) is 4.67. The standard InChI is InChI=1S/C28H34F6O2/c1-18-19(6-3-8-22(18)35)9-10-20-7-4-13-24(2)21(20)11-12-23(24)25(16-17-25)14-5-15-26(36,27(29,30)31)28(32,33)34/h9-10,21-23,35-36H,1,3-4,6-8,11-14,16-17H2,2H3/b19-9-,20-10+/t21?,22-,23-,24-/m0/s1. The molecule has 4 rings (SSSR count). The SMILES string of the molecule is C=C1/C(=C\C=C2/CCC[C@@]3(C)C2CC[C@@H]3C2(CC#CC(O)(C(F)(F)F)C(F)(F)F)CC2)CCC[C@@H]1O. The molecular weight excluding hydrogens is 482 g/mol. The smallest absolute Gasteiger partial charge is 0.388 e. The van der Waals surface area contributed by atoms with Gasteiger partial charge in [0.2, 0.25) is 0 Å². The summed E-state index contributed by atoms with van der Waals surface area (Å²) in [6.07, 6.45) is 0.508. The molecular formula is C28H34F6O2. The second kappa shape index (κ2) is 9.23. The Labute approximate surface area is 208 Å². The summed E-state index contributed by atoms with van der Waals surface area (Å²) in [5, 5.41) is 19.5. The van der Waals surface area contributed by atoms with Crippen molar-refractivity contribution in [3.63, 3.8) is 0 Å². The summed E-state index contributed by atoms with van der Waals surface area (Å²) in [5.74, 6) is 3.76. The summed E-state index contributed by atoms with van der Waals surface area (Å²) in [6, 6.07) is 0. The number of hydrogen-bond acceptors (Lipinski definition) is 2. The number of aliphatic hydroxyl groups excluding tert-OH is 1. The van der Waals surface area contributed by atoms with E-state index in [0.29, 0.717) is 5.92 Å². The number of alkyl halides is 6. The largest absolute Gasteiger partial charge is 0.438 e. The Bertz CT molecular complexity index is 990. The number of aliphatic hydroxyl groups is 2. The van der Waals surface area contributed by atoms with Crippen molar-refractivity contribution in [3.8, 4) is 11.8 Å². The molecule has 0 aromatic rings. The molecule has 36 heavy (non-hydrogen) atoms. The van der Waals surface area contributed by atoms with Gasteiger partial charge in [-0.3, -0.25) is 0 Å². The van der Waals surface area contributed by atoms with E-state index in [1.165, 1.54) is 5.57 Å². The van der Waals surface area contributed by atoms with Crippen LogP contribution in [0.4, 0.5) is 26.3 Å². The maximum Gasteiger partial charge on any atom is 0.438 e. The van der Waals surface area contributed by atoms with Crippen molar-refractivity contribution in [2.45, 2.75) is 102 Å². The summed E-state index contributed by atoms with van der Waals surface area (Å²) in [5.41, 5.74) is -2.32. The van der Waals surface area contributed by atoms with Crippen molar-refractivity contribution >= 4 is 0 Å². The van der Waals surface area contributed by atoms with Crippen molar-refractivity contribution in [1.82, 2.24) is 0 Å². The van der Waals surface area contributed by atoms with Crippen molar-refractivity contribution in [3.05, 3.63) is 35.5 Å². The third-order valence-corrected chi connectivity index (χ3v) is 9.36. The molecule has 0 radical (unpaired) electrons. The van der Waals surface area contributed by atoms with Gasteiger partial charge in [0.15, 0.2) is 0 Å². The molecule has 8 heteroatoms. The van der Waals surface area contributed by atoms with Gasteiger partial charge in [0, 0.05) is 6.42 Å². The van der Waals surface area contributed by atoms with Crippen molar-refractivity contribution < 1.29 is 36.6 Å². The zero-order chi connectivity index (χ0) is 26.6. The summed E-state index contributed by atoms with van der Waals surface area (Å²) in [7, 11) is 0. The van der Waals surface area contributed by atoms with Crippen LogP contribution in [0.2, 0.25) is 0 Å². The maximum atomic E-state index is 13.0. The molecule has 4 fully saturated rings. The molecule has 0 heterocycles. The number of hydrogen-bond donors (Lipinski definition) is 2. The zero-order valence-corrected chi connectivity index (χ0v) is 20.5. The van der Waals surface area contributed by atoms with E-state index in [-0.39, 0.29) is 17.8 Å². The molecule has 4 aliphatic carbocycles. The minimum absolute atomic E-state index is 0.0741. The van der Waals surface area contributed by atoms with Crippen molar-refractivity contribution in [2.24, 2.45) is 22.7 Å². The van der Waals surface area contributed by atoms with Gasteiger partial charge < -0.3 is 10.2 Å². The molecule has 0 bridgehead atoms. The molecule has 1 unspecified atom stereocenters. The molecule has 0 aliphatic heterocycles. The van der Waals surface area contributed by atoms with Crippen LogP contribution >= 0.6 is 0 Å². The van der Waals surface area contributed by atoms with Gasteiger partial charge in [0.25, 0.3) is 0 Å². The molecule has 0 aromatic heterocycles. The fourth-order valence-electron chi connectivity index (χ4n) is 7.14. The van der Waals surface area contributed by atoms with E-state index >= 15 is 0 Å². The monoisotopic (exact) mass is 516 g/mol. The Kier molecular flexibility index (Phi) is 7.01. The molecule has 0 spiro atoms. The van der Waals surface area contributed by atoms with Crippen LogP contribution in [0.3, 0.4) is 0 Å². The van der Waals surface area contributed by atoms with E-state index in [0.717, 1.165) is 81.3 Å². The predicted octanol–water partition coefficient (Wildman–Crippen LogP) is 7.19. The quantitative estimate of drug-likeness (QED) is 0.308. The van der Waals surface area contributed by atoms with Crippen LogP contribution in [-0.2, 0) is 0 Å². The summed E-state index contributed by atoms with van der Waals surface area (Å²) >= 11 is 0. The van der Waals surface area contributed by atoms with Gasteiger partial charge in [-0.2, -0.15) is 26.3 Å². The molecule has 200 valence electrons. The van der Waals surface area contributed by atoms with Crippen molar-refractivity contribution in [2.75, 3.05) is 0 Å². The summed E-state index contributed by atoms with van der Waals surface area (Å²) in [4.78, 5) is 0. The van der Waals surface area contributed by atoms with E-state index < -0.39 is 29.5 Å². The fraction of sp³-hybridized carbons (Fsp3) is 0.714. The normalized spacial score (nSPS) is 34.9. The number of fused-ring (bicyclic) bond motifs is 1. The van der Waals surface area contributed by atoms with Gasteiger partial charge in [0.05, 0.1) is 6.10 Å². The van der Waals surface area contributed by atoms with E-state index in [9.17, 15) is 36.6 Å². The molecule has 2 N–H and O–H groups in total. The molecule has 2 nitrogen and oxygen atoms in total. The average Bonchev–Trinajstić information content (AvgIpc) is 3.46. The number of allylic oxidation sites excluding steroid dienone is 3. The summed E-state index contributed by atoms with van der Waals surface area (Å²) < 4.78 is 78.1. The molecule has 0 saturated heterocycles. The second-order valence-electron chi connectivity index (χ2n) is 11.5. The average molecular weight is 517 g/mol. The lowest BCUT2D eigenvalue weighted by Gasteiger charge is -2.45. The first-order valence-electron chi connectivity index (χ1n) is 12.8. The highest BCUT2D eigenvalue weighted by molar-refractivity contribution is 5.38. The van der Waals surface area contributed by atoms with E-state index in [2.05, 4.69) is 31.6 Å². The van der Waals surface area contributed by atoms with Crippen LogP contribution in [0.5, 0.6) is 0 Å². The fourth-order valence-corrected chi connectivity index (χ4v) is 7.14. The zero-order valence-electron chi connectivity index (χ0n) is 20.5. The molecule has 0 aromatic carbocycles. The minimum Gasteiger partial charge on any atom is -0.388 e. The van der Waals surface area contributed by atoms with Crippen LogP contribution in [-0.4, -0.2) is 34.3 Å². The number of rotatable bonds is 3. The lowest BCUT2D eigenvalue weighted by molar-refractivity contribution is -0.343. The first-order chi connectivity index (χ1) is 16.6. The van der Waals surface area contributed by atoms with Crippen LogP contribution in [0.1, 0.15) is 77.6 Å². The maximum absolute atomic E-state index is 13.0. The second-order valence-corrected chi connectivity index (χ2v) is 11.5. The van der Waals surface area contributed by atoms with Crippen molar-refractivity contribution in [1.29, 1.82) is 0 Å². The van der Waals surface area contributed by atoms with Crippen LogP contribution in [0.15, 0.2) is 35.5 Å². The molecule has 4 atom stereocenters. The topological polar surface area (TPSA) is 40.5 Å². The van der Waals surface area contributed by atoms with Gasteiger partial charge in [-0.25, -0.2) is 0 Å². The Hall–Kier alpha value is -1.72. The summed E-state index contributed by atoms with van der Waals surface area (Å²) in [6.45, 7) is 6.25. The minimum atomic E-state index is -5.92. The first-order valence-corrected chi connectivity index (χ1v) is 12.8. The lowest BCUT2D eigenvalue weighted by Crippen LogP contribution is -2.55.